The zero-order valence-corrected chi connectivity index (χ0v) is 19.1. The van der Waals surface area contributed by atoms with Gasteiger partial charge in [-0.3, -0.25) is 4.79 Å². The molecule has 0 fully saturated rings. The van der Waals surface area contributed by atoms with Crippen LogP contribution in [0.4, 0.5) is 0 Å². The second-order valence-electron chi connectivity index (χ2n) is 8.84. The highest BCUT2D eigenvalue weighted by atomic mass is 28.3. The molecule has 0 spiro atoms. The second-order valence-corrected chi connectivity index (χ2v) is 13.9. The summed E-state index contributed by atoms with van der Waals surface area (Å²) in [7, 11) is -1.78. The Labute approximate surface area is 167 Å². The van der Waals surface area contributed by atoms with Crippen LogP contribution in [0.1, 0.15) is 90.4 Å². The molecule has 0 aromatic carbocycles. The van der Waals surface area contributed by atoms with Gasteiger partial charge in [0, 0.05) is 5.57 Å². The number of aliphatic carboxylic acids is 2. The van der Waals surface area contributed by atoms with E-state index in [9.17, 15) is 19.8 Å². The molecule has 2 N–H and O–H groups in total. The molecular formula is C22H42O4Si. The maximum Gasteiger partial charge on any atom is 0.331 e. The van der Waals surface area contributed by atoms with Crippen LogP contribution < -0.4 is 0 Å². The molecular weight excluding hydrogens is 356 g/mol. The third-order valence-electron chi connectivity index (χ3n) is 4.86. The SMILES string of the molecule is CCCCCCCCCCCCCCC(C(=O)O)/C(=C/[Si](C)(C)C)C(=O)O. The third-order valence-corrected chi connectivity index (χ3v) is 6.03. The topological polar surface area (TPSA) is 74.6 Å². The molecule has 0 saturated heterocycles. The Hall–Kier alpha value is -1.10. The fraction of sp³-hybridized carbons (Fsp3) is 0.818. The maximum atomic E-state index is 11.6. The molecule has 1 unspecified atom stereocenters. The minimum Gasteiger partial charge on any atom is -0.481 e. The first kappa shape index (κ1) is 25.9. The molecule has 158 valence electrons. The summed E-state index contributed by atoms with van der Waals surface area (Å²) in [5.74, 6) is -2.97. The van der Waals surface area contributed by atoms with Crippen LogP contribution in [-0.2, 0) is 9.59 Å². The van der Waals surface area contributed by atoms with Crippen LogP contribution in [0, 0.1) is 5.92 Å². The predicted molar refractivity (Wildman–Crippen MR) is 116 cm³/mol. The highest BCUT2D eigenvalue weighted by molar-refractivity contribution is 6.81. The summed E-state index contributed by atoms with van der Waals surface area (Å²) in [4.78, 5) is 23.1. The molecule has 0 aliphatic heterocycles. The smallest absolute Gasteiger partial charge is 0.331 e. The van der Waals surface area contributed by atoms with Crippen LogP contribution in [0.2, 0.25) is 19.6 Å². The first-order valence-electron chi connectivity index (χ1n) is 10.9. The van der Waals surface area contributed by atoms with E-state index in [0.29, 0.717) is 6.42 Å². The minimum absolute atomic E-state index is 0.0877. The second kappa shape index (κ2) is 14.9. The summed E-state index contributed by atoms with van der Waals surface area (Å²) >= 11 is 0. The Morgan fingerprint density at radius 3 is 1.52 bits per heavy atom. The fourth-order valence-corrected chi connectivity index (χ4v) is 4.64. The van der Waals surface area contributed by atoms with Crippen molar-refractivity contribution in [1.82, 2.24) is 0 Å². The van der Waals surface area contributed by atoms with Crippen molar-refractivity contribution in [3.63, 3.8) is 0 Å². The van der Waals surface area contributed by atoms with Gasteiger partial charge < -0.3 is 10.2 Å². The van der Waals surface area contributed by atoms with Gasteiger partial charge in [-0.05, 0) is 6.42 Å². The monoisotopic (exact) mass is 398 g/mol. The predicted octanol–water partition coefficient (Wildman–Crippen LogP) is 6.67. The van der Waals surface area contributed by atoms with Crippen LogP contribution in [0.25, 0.3) is 0 Å². The number of unbranched alkanes of at least 4 members (excludes halogenated alkanes) is 11. The lowest BCUT2D eigenvalue weighted by atomic mass is 9.93. The Balaban J connectivity index is 4.06. The molecule has 0 amide bonds. The standard InChI is InChI=1S/C22H42O4Si/c1-5-6-7-8-9-10-11-12-13-14-15-16-17-19(21(23)24)20(22(25)26)18-27(2,3)4/h18-19H,5-17H2,1-4H3,(H,23,24)(H,25,26)/b20-18-. The van der Waals surface area contributed by atoms with Gasteiger partial charge in [-0.2, -0.15) is 0 Å². The van der Waals surface area contributed by atoms with E-state index in [2.05, 4.69) is 6.92 Å². The van der Waals surface area contributed by atoms with Crippen LogP contribution in [0.3, 0.4) is 0 Å². The molecule has 0 heterocycles. The van der Waals surface area contributed by atoms with Gasteiger partial charge in [0.15, 0.2) is 0 Å². The van der Waals surface area contributed by atoms with Gasteiger partial charge in [0.1, 0.15) is 0 Å². The summed E-state index contributed by atoms with van der Waals surface area (Å²) in [5.41, 5.74) is 1.82. The molecule has 0 aromatic heterocycles. The minimum atomic E-state index is -1.78. The molecule has 0 rings (SSSR count). The largest absolute Gasteiger partial charge is 0.481 e. The van der Waals surface area contributed by atoms with E-state index in [0.717, 1.165) is 19.3 Å². The van der Waals surface area contributed by atoms with Crippen LogP contribution in [-0.4, -0.2) is 30.2 Å². The first-order chi connectivity index (χ1) is 12.7. The number of rotatable bonds is 17. The van der Waals surface area contributed by atoms with E-state index in [-0.39, 0.29) is 5.57 Å². The van der Waals surface area contributed by atoms with Crippen molar-refractivity contribution < 1.29 is 19.8 Å². The Kier molecular flexibility index (Phi) is 14.3. The summed E-state index contributed by atoms with van der Waals surface area (Å²) in [6, 6.07) is 0. The number of carboxylic acids is 2. The molecule has 0 aliphatic carbocycles. The number of hydrogen-bond donors (Lipinski definition) is 2. The number of carbonyl (C=O) groups is 2. The lowest BCUT2D eigenvalue weighted by Crippen LogP contribution is -2.26. The first-order valence-corrected chi connectivity index (χ1v) is 14.5. The van der Waals surface area contributed by atoms with Crippen molar-refractivity contribution in [3.05, 3.63) is 11.3 Å². The molecule has 0 saturated carbocycles. The zero-order valence-electron chi connectivity index (χ0n) is 18.1. The summed E-state index contributed by atoms with van der Waals surface area (Å²) in [5, 5.41) is 18.9. The lowest BCUT2D eigenvalue weighted by molar-refractivity contribution is -0.144. The molecule has 5 heteroatoms. The molecule has 0 aromatic rings. The number of hydrogen-bond acceptors (Lipinski definition) is 2. The quantitative estimate of drug-likeness (QED) is 0.163. The van der Waals surface area contributed by atoms with E-state index in [1.807, 2.05) is 19.6 Å². The van der Waals surface area contributed by atoms with E-state index in [4.69, 9.17) is 0 Å². The lowest BCUT2D eigenvalue weighted by Gasteiger charge is -2.17. The van der Waals surface area contributed by atoms with Gasteiger partial charge in [0.05, 0.1) is 14.0 Å². The Morgan fingerprint density at radius 1 is 0.778 bits per heavy atom. The van der Waals surface area contributed by atoms with Crippen molar-refractivity contribution in [3.8, 4) is 0 Å². The zero-order chi connectivity index (χ0) is 20.7. The summed E-state index contributed by atoms with van der Waals surface area (Å²) in [6.07, 6.45) is 15.1. The average molecular weight is 399 g/mol. The summed E-state index contributed by atoms with van der Waals surface area (Å²) in [6.45, 7) is 8.32. The highest BCUT2D eigenvalue weighted by Crippen LogP contribution is 2.23. The van der Waals surface area contributed by atoms with Gasteiger partial charge in [-0.15, -0.1) is 0 Å². The van der Waals surface area contributed by atoms with Crippen molar-refractivity contribution in [1.29, 1.82) is 0 Å². The third kappa shape index (κ3) is 14.6. The van der Waals surface area contributed by atoms with Crippen LogP contribution >= 0.6 is 0 Å². The Morgan fingerprint density at radius 2 is 1.19 bits per heavy atom. The fourth-order valence-electron chi connectivity index (χ4n) is 3.38. The van der Waals surface area contributed by atoms with Crippen LogP contribution in [0.5, 0.6) is 0 Å². The molecule has 27 heavy (non-hydrogen) atoms. The van der Waals surface area contributed by atoms with Crippen LogP contribution in [0.15, 0.2) is 11.3 Å². The van der Waals surface area contributed by atoms with Gasteiger partial charge in [0.25, 0.3) is 0 Å². The normalized spacial score (nSPS) is 13.6. The van der Waals surface area contributed by atoms with E-state index in [1.54, 1.807) is 5.70 Å². The maximum absolute atomic E-state index is 11.6. The van der Waals surface area contributed by atoms with Gasteiger partial charge in [0.2, 0.25) is 0 Å². The van der Waals surface area contributed by atoms with Crippen molar-refractivity contribution in [2.75, 3.05) is 0 Å². The van der Waals surface area contributed by atoms with Crippen molar-refractivity contribution in [2.24, 2.45) is 5.92 Å². The van der Waals surface area contributed by atoms with E-state index < -0.39 is 25.9 Å². The van der Waals surface area contributed by atoms with Gasteiger partial charge in [-0.25, -0.2) is 4.79 Å². The number of carboxylic acid groups (broad SMARTS) is 2. The summed E-state index contributed by atoms with van der Waals surface area (Å²) < 4.78 is 0. The molecule has 0 radical (unpaired) electrons. The average Bonchev–Trinajstić information content (AvgIpc) is 2.56. The molecule has 4 nitrogen and oxygen atoms in total. The van der Waals surface area contributed by atoms with E-state index >= 15 is 0 Å². The van der Waals surface area contributed by atoms with Crippen molar-refractivity contribution in [2.45, 2.75) is 110 Å². The molecule has 0 bridgehead atoms. The molecule has 1 atom stereocenters. The van der Waals surface area contributed by atoms with Gasteiger partial charge >= 0.3 is 11.9 Å². The molecule has 0 aliphatic rings. The van der Waals surface area contributed by atoms with E-state index in [1.165, 1.54) is 57.8 Å². The van der Waals surface area contributed by atoms with Crippen molar-refractivity contribution >= 4 is 20.0 Å². The van der Waals surface area contributed by atoms with Gasteiger partial charge in [-0.1, -0.05) is 109 Å². The Bertz CT molecular complexity index is 452. The highest BCUT2D eigenvalue weighted by Gasteiger charge is 2.28.